The van der Waals surface area contributed by atoms with E-state index in [2.05, 4.69) is 67.9 Å². The van der Waals surface area contributed by atoms with Crippen LogP contribution in [0.4, 0.5) is 0 Å². The number of hydrogen-bond acceptors (Lipinski definition) is 0. The first-order valence-corrected chi connectivity index (χ1v) is 6.47. The van der Waals surface area contributed by atoms with Crippen molar-refractivity contribution in [3.8, 4) is 0 Å². The zero-order chi connectivity index (χ0) is 12.8. The van der Waals surface area contributed by atoms with Crippen molar-refractivity contribution in [1.82, 2.24) is 0 Å². The molecule has 2 aromatic carbocycles. The van der Waals surface area contributed by atoms with E-state index in [-0.39, 0.29) is 40.0 Å². The van der Waals surface area contributed by atoms with Crippen LogP contribution in [0.2, 0.25) is 0 Å². The standard InChI is InChI=1S/C8H9Br.C8H9.BrH.Mg/c1-6-4-3-5-8(9)7(6)2;1-7-5-3-4-6-8(7)2;;/h3-5H,1-2H3;3-5H,1-2H3;1H;/q;-1;;+2/p-1. The monoisotopic (exact) mass is 392 g/mol. The Morgan fingerprint density at radius 3 is 1.84 bits per heavy atom. The van der Waals surface area contributed by atoms with E-state index in [0.717, 1.165) is 0 Å². The summed E-state index contributed by atoms with van der Waals surface area (Å²) in [7, 11) is 0. The molecule has 0 radical (unpaired) electrons. The van der Waals surface area contributed by atoms with Gasteiger partial charge in [-0.3, -0.25) is 0 Å². The van der Waals surface area contributed by atoms with Crippen molar-refractivity contribution in [3.63, 3.8) is 0 Å². The van der Waals surface area contributed by atoms with E-state index >= 15 is 0 Å². The molecule has 0 bridgehead atoms. The fourth-order valence-electron chi connectivity index (χ4n) is 1.32. The Balaban J connectivity index is 0. The van der Waals surface area contributed by atoms with E-state index in [1.807, 2.05) is 18.2 Å². The second kappa shape index (κ2) is 10.9. The fraction of sp³-hybridized carbons (Fsp3) is 0.250. The molecule has 0 saturated heterocycles. The summed E-state index contributed by atoms with van der Waals surface area (Å²) in [6, 6.07) is 15.3. The molecule has 19 heavy (non-hydrogen) atoms. The molecule has 0 N–H and O–H groups in total. The van der Waals surface area contributed by atoms with Crippen molar-refractivity contribution in [2.45, 2.75) is 27.7 Å². The molecule has 0 saturated carbocycles. The second-order valence-corrected chi connectivity index (χ2v) is 5.01. The van der Waals surface area contributed by atoms with E-state index in [1.54, 1.807) is 0 Å². The number of hydrogen-bond donors (Lipinski definition) is 0. The summed E-state index contributed by atoms with van der Waals surface area (Å²) >= 11 is 3.45. The van der Waals surface area contributed by atoms with Crippen LogP contribution in [0.15, 0.2) is 40.9 Å². The minimum absolute atomic E-state index is 0. The summed E-state index contributed by atoms with van der Waals surface area (Å²) in [4.78, 5) is 0. The first kappa shape index (κ1) is 21.5. The van der Waals surface area contributed by atoms with Gasteiger partial charge in [0.1, 0.15) is 0 Å². The SMILES string of the molecule is Cc1[c-]cccc1C.Cc1cccc(Br)c1C.[Br-].[Mg+2]. The van der Waals surface area contributed by atoms with E-state index in [9.17, 15) is 0 Å². The molecule has 0 spiro atoms. The Bertz CT molecular complexity index is 455. The average molecular weight is 394 g/mol. The van der Waals surface area contributed by atoms with E-state index < -0.39 is 0 Å². The fourth-order valence-corrected chi connectivity index (χ4v) is 1.79. The molecule has 0 aliphatic carbocycles. The van der Waals surface area contributed by atoms with Gasteiger partial charge in [0, 0.05) is 4.47 Å². The largest absolute Gasteiger partial charge is 2.00 e. The van der Waals surface area contributed by atoms with Gasteiger partial charge in [-0.15, -0.1) is 0 Å². The predicted molar refractivity (Wildman–Crippen MR) is 84.1 cm³/mol. The quantitative estimate of drug-likeness (QED) is 0.472. The van der Waals surface area contributed by atoms with Gasteiger partial charge in [0.05, 0.1) is 0 Å². The maximum atomic E-state index is 3.45. The van der Waals surface area contributed by atoms with Crippen LogP contribution in [0.3, 0.4) is 0 Å². The average Bonchev–Trinajstić information content (AvgIpc) is 2.31. The van der Waals surface area contributed by atoms with Crippen LogP contribution < -0.4 is 17.0 Å². The molecule has 2 rings (SSSR count). The van der Waals surface area contributed by atoms with E-state index in [0.29, 0.717) is 0 Å². The normalized spacial score (nSPS) is 8.47. The summed E-state index contributed by atoms with van der Waals surface area (Å²) in [6.45, 7) is 8.38. The summed E-state index contributed by atoms with van der Waals surface area (Å²) in [5.74, 6) is 0. The molecule has 0 aliphatic rings. The molecule has 0 nitrogen and oxygen atoms in total. The number of aryl methyl sites for hydroxylation is 3. The van der Waals surface area contributed by atoms with Gasteiger partial charge in [0.2, 0.25) is 0 Å². The first-order valence-electron chi connectivity index (χ1n) is 5.68. The van der Waals surface area contributed by atoms with Gasteiger partial charge in [-0.05, 0) is 31.0 Å². The van der Waals surface area contributed by atoms with Gasteiger partial charge >= 0.3 is 23.1 Å². The third kappa shape index (κ3) is 7.50. The van der Waals surface area contributed by atoms with Crippen LogP contribution in [0.25, 0.3) is 0 Å². The third-order valence-corrected chi connectivity index (χ3v) is 3.73. The molecule has 2 aromatic rings. The third-order valence-electron chi connectivity index (χ3n) is 2.87. The van der Waals surface area contributed by atoms with Crippen LogP contribution in [-0.2, 0) is 0 Å². The van der Waals surface area contributed by atoms with E-state index in [4.69, 9.17) is 0 Å². The van der Waals surface area contributed by atoms with E-state index in [1.165, 1.54) is 26.7 Å². The maximum absolute atomic E-state index is 3.45. The maximum Gasteiger partial charge on any atom is 2.00 e. The van der Waals surface area contributed by atoms with Crippen molar-refractivity contribution in [2.24, 2.45) is 0 Å². The summed E-state index contributed by atoms with van der Waals surface area (Å²) in [6.07, 6.45) is 0. The minimum atomic E-state index is 0. The zero-order valence-electron chi connectivity index (χ0n) is 11.9. The Hall–Kier alpha value is 0.166. The number of benzene rings is 2. The summed E-state index contributed by atoms with van der Waals surface area (Å²) in [5, 5.41) is 0. The van der Waals surface area contributed by atoms with Crippen molar-refractivity contribution >= 4 is 39.0 Å². The number of rotatable bonds is 0. The molecular weight excluding hydrogens is 376 g/mol. The summed E-state index contributed by atoms with van der Waals surface area (Å²) in [5.41, 5.74) is 5.22. The number of halogens is 2. The van der Waals surface area contributed by atoms with Gasteiger partial charge in [0.15, 0.2) is 0 Å². The van der Waals surface area contributed by atoms with Crippen molar-refractivity contribution < 1.29 is 17.0 Å². The summed E-state index contributed by atoms with van der Waals surface area (Å²) < 4.78 is 1.20. The molecule has 0 atom stereocenters. The van der Waals surface area contributed by atoms with Crippen LogP contribution in [0, 0.1) is 33.8 Å². The molecule has 0 amide bonds. The smallest absolute Gasteiger partial charge is 1.00 e. The van der Waals surface area contributed by atoms with Crippen LogP contribution in [0.1, 0.15) is 22.3 Å². The van der Waals surface area contributed by atoms with Crippen molar-refractivity contribution in [2.75, 3.05) is 0 Å². The van der Waals surface area contributed by atoms with Crippen molar-refractivity contribution in [1.29, 1.82) is 0 Å². The molecule has 0 heterocycles. The minimum Gasteiger partial charge on any atom is -1.00 e. The van der Waals surface area contributed by atoms with Gasteiger partial charge < -0.3 is 17.0 Å². The van der Waals surface area contributed by atoms with Crippen LogP contribution in [-0.4, -0.2) is 23.1 Å². The first-order chi connectivity index (χ1) is 8.02. The van der Waals surface area contributed by atoms with Gasteiger partial charge in [-0.2, -0.15) is 35.4 Å². The molecule has 3 heteroatoms. The molecule has 98 valence electrons. The Kier molecular flexibility index (Phi) is 12.3. The van der Waals surface area contributed by atoms with Gasteiger partial charge in [-0.1, -0.05) is 41.9 Å². The van der Waals surface area contributed by atoms with Gasteiger partial charge in [-0.25, -0.2) is 0 Å². The van der Waals surface area contributed by atoms with Crippen molar-refractivity contribution in [3.05, 3.63) is 69.2 Å². The predicted octanol–water partition coefficient (Wildman–Crippen LogP) is 1.79. The Morgan fingerprint density at radius 1 is 0.895 bits per heavy atom. The molecule has 0 aliphatic heterocycles. The second-order valence-electron chi connectivity index (χ2n) is 4.16. The molecule has 0 aromatic heterocycles. The molecular formula is C16H18Br2Mg. The Morgan fingerprint density at radius 2 is 1.47 bits per heavy atom. The molecule has 0 fully saturated rings. The van der Waals surface area contributed by atoms with Gasteiger partial charge in [0.25, 0.3) is 0 Å². The zero-order valence-corrected chi connectivity index (χ0v) is 16.5. The topological polar surface area (TPSA) is 0 Å². The van der Waals surface area contributed by atoms with Crippen LogP contribution in [0.5, 0.6) is 0 Å². The van der Waals surface area contributed by atoms with Crippen LogP contribution >= 0.6 is 15.9 Å². The molecule has 0 unspecified atom stereocenters. The Labute approximate surface area is 152 Å².